The molecule has 0 radical (unpaired) electrons. The van der Waals surface area contributed by atoms with Crippen molar-refractivity contribution in [3.63, 3.8) is 0 Å². The molecular formula is C12H18N4O. The van der Waals surface area contributed by atoms with E-state index in [9.17, 15) is 0 Å². The van der Waals surface area contributed by atoms with Crippen LogP contribution in [0.25, 0.3) is 0 Å². The first-order valence-electron chi connectivity index (χ1n) is 5.58. The summed E-state index contributed by atoms with van der Waals surface area (Å²) in [5.74, 6) is 0.723. The van der Waals surface area contributed by atoms with Crippen LogP contribution in [-0.2, 0) is 0 Å². The van der Waals surface area contributed by atoms with E-state index in [2.05, 4.69) is 17.1 Å². The molecule has 0 fully saturated rings. The molecule has 92 valence electrons. The number of hydrogen-bond donors (Lipinski definition) is 2. The number of ether oxygens (including phenoxy) is 1. The lowest BCUT2D eigenvalue weighted by atomic mass is 10.2. The van der Waals surface area contributed by atoms with Gasteiger partial charge in [0.05, 0.1) is 12.8 Å². The molecule has 0 saturated carbocycles. The van der Waals surface area contributed by atoms with Gasteiger partial charge in [0.1, 0.15) is 5.75 Å². The molecule has 0 amide bonds. The van der Waals surface area contributed by atoms with Crippen LogP contribution in [0.2, 0.25) is 0 Å². The smallest absolute Gasteiger partial charge is 0.211 e. The second-order valence-corrected chi connectivity index (χ2v) is 3.51. The second kappa shape index (κ2) is 7.27. The molecular weight excluding hydrogens is 216 g/mol. The molecule has 1 aromatic carbocycles. The lowest BCUT2D eigenvalue weighted by molar-refractivity contribution is 0.309. The highest BCUT2D eigenvalue weighted by atomic mass is 16.5. The molecule has 0 aliphatic rings. The van der Waals surface area contributed by atoms with Crippen molar-refractivity contribution in [3.05, 3.63) is 29.8 Å². The predicted octanol–water partition coefficient (Wildman–Crippen LogP) is 1.47. The van der Waals surface area contributed by atoms with Crippen LogP contribution < -0.4 is 16.2 Å². The van der Waals surface area contributed by atoms with Crippen molar-refractivity contribution in [2.75, 3.05) is 6.61 Å². The first kappa shape index (κ1) is 13.0. The van der Waals surface area contributed by atoms with Gasteiger partial charge in [0.2, 0.25) is 5.96 Å². The first-order valence-corrected chi connectivity index (χ1v) is 5.58. The minimum Gasteiger partial charge on any atom is -0.493 e. The fourth-order valence-corrected chi connectivity index (χ4v) is 1.20. The molecule has 1 aromatic rings. The summed E-state index contributed by atoms with van der Waals surface area (Å²) >= 11 is 0. The zero-order valence-electron chi connectivity index (χ0n) is 9.97. The zero-order valence-corrected chi connectivity index (χ0v) is 9.97. The molecule has 0 bridgehead atoms. The number of rotatable bonds is 6. The van der Waals surface area contributed by atoms with Gasteiger partial charge in [0, 0.05) is 5.56 Å². The van der Waals surface area contributed by atoms with E-state index in [4.69, 9.17) is 16.2 Å². The van der Waals surface area contributed by atoms with E-state index in [1.54, 1.807) is 6.21 Å². The Hall–Kier alpha value is -2.04. The molecule has 0 atom stereocenters. The summed E-state index contributed by atoms with van der Waals surface area (Å²) in [4.78, 5) is 0. The number of para-hydroxylation sites is 1. The number of benzene rings is 1. The van der Waals surface area contributed by atoms with Crippen LogP contribution in [-0.4, -0.2) is 18.8 Å². The molecule has 4 N–H and O–H groups in total. The van der Waals surface area contributed by atoms with E-state index < -0.39 is 0 Å². The molecule has 0 saturated heterocycles. The minimum absolute atomic E-state index is 0.0642. The molecule has 0 aliphatic carbocycles. The van der Waals surface area contributed by atoms with Gasteiger partial charge in [0.15, 0.2) is 0 Å². The highest BCUT2D eigenvalue weighted by Crippen LogP contribution is 2.16. The number of hydrogen-bond acceptors (Lipinski definition) is 3. The molecule has 0 unspecified atom stereocenters. The Bertz CT molecular complexity index is 397. The normalized spacial score (nSPS) is 10.4. The van der Waals surface area contributed by atoms with Crippen molar-refractivity contribution in [3.8, 4) is 5.75 Å². The monoisotopic (exact) mass is 234 g/mol. The van der Waals surface area contributed by atoms with Crippen molar-refractivity contribution in [1.29, 1.82) is 0 Å². The van der Waals surface area contributed by atoms with E-state index in [-0.39, 0.29) is 5.96 Å². The third kappa shape index (κ3) is 5.01. The highest BCUT2D eigenvalue weighted by molar-refractivity contribution is 5.84. The van der Waals surface area contributed by atoms with Gasteiger partial charge in [-0.15, -0.1) is 5.10 Å². The third-order valence-corrected chi connectivity index (χ3v) is 2.04. The molecule has 0 heterocycles. The molecule has 5 heteroatoms. The number of unbranched alkanes of at least 4 members (excludes halogenated alkanes) is 1. The highest BCUT2D eigenvalue weighted by Gasteiger charge is 1.99. The van der Waals surface area contributed by atoms with Crippen LogP contribution >= 0.6 is 0 Å². The number of nitrogens with two attached hydrogens (primary N) is 2. The van der Waals surface area contributed by atoms with Crippen molar-refractivity contribution in [1.82, 2.24) is 0 Å². The van der Waals surface area contributed by atoms with Gasteiger partial charge < -0.3 is 16.2 Å². The summed E-state index contributed by atoms with van der Waals surface area (Å²) in [6.45, 7) is 2.82. The van der Waals surface area contributed by atoms with Crippen molar-refractivity contribution in [2.45, 2.75) is 19.8 Å². The van der Waals surface area contributed by atoms with Crippen LogP contribution in [0.5, 0.6) is 5.75 Å². The van der Waals surface area contributed by atoms with Gasteiger partial charge in [0.25, 0.3) is 0 Å². The van der Waals surface area contributed by atoms with Crippen molar-refractivity contribution >= 4 is 12.2 Å². The summed E-state index contributed by atoms with van der Waals surface area (Å²) < 4.78 is 5.63. The van der Waals surface area contributed by atoms with Gasteiger partial charge in [-0.2, -0.15) is 5.10 Å². The maximum absolute atomic E-state index is 5.63. The predicted molar refractivity (Wildman–Crippen MR) is 70.2 cm³/mol. The van der Waals surface area contributed by atoms with Crippen LogP contribution in [0.1, 0.15) is 25.3 Å². The van der Waals surface area contributed by atoms with E-state index in [0.29, 0.717) is 6.61 Å². The Morgan fingerprint density at radius 3 is 2.82 bits per heavy atom. The van der Waals surface area contributed by atoms with E-state index >= 15 is 0 Å². The molecule has 0 aromatic heterocycles. The minimum atomic E-state index is -0.0642. The fourth-order valence-electron chi connectivity index (χ4n) is 1.20. The average molecular weight is 234 g/mol. The van der Waals surface area contributed by atoms with Gasteiger partial charge in [-0.05, 0) is 18.6 Å². The first-order chi connectivity index (χ1) is 8.24. The largest absolute Gasteiger partial charge is 0.493 e. The van der Waals surface area contributed by atoms with E-state index in [1.165, 1.54) is 0 Å². The maximum Gasteiger partial charge on any atom is 0.211 e. The zero-order chi connectivity index (χ0) is 12.5. The molecule has 0 spiro atoms. The summed E-state index contributed by atoms with van der Waals surface area (Å²) in [5, 5.41) is 7.31. The van der Waals surface area contributed by atoms with Crippen LogP contribution in [0.4, 0.5) is 0 Å². The second-order valence-electron chi connectivity index (χ2n) is 3.51. The molecule has 17 heavy (non-hydrogen) atoms. The molecule has 5 nitrogen and oxygen atoms in total. The Morgan fingerprint density at radius 2 is 2.12 bits per heavy atom. The van der Waals surface area contributed by atoms with E-state index in [1.807, 2.05) is 24.3 Å². The summed E-state index contributed by atoms with van der Waals surface area (Å²) in [5.41, 5.74) is 11.2. The standard InChI is InChI=1S/C12H18N4O/c1-2-3-8-17-11-7-5-4-6-10(11)9-15-16-12(13)14/h4-7,9H,2-3,8H2,1H3,(H4,13,14,16). The molecule has 1 rings (SSSR count). The lowest BCUT2D eigenvalue weighted by Crippen LogP contribution is -2.21. The van der Waals surface area contributed by atoms with Gasteiger partial charge >= 0.3 is 0 Å². The van der Waals surface area contributed by atoms with E-state index in [0.717, 1.165) is 24.2 Å². The Labute approximate surface area is 101 Å². The average Bonchev–Trinajstić information content (AvgIpc) is 2.31. The summed E-state index contributed by atoms with van der Waals surface area (Å²) in [6, 6.07) is 7.61. The van der Waals surface area contributed by atoms with Crippen molar-refractivity contribution in [2.24, 2.45) is 21.7 Å². The Kier molecular flexibility index (Phi) is 5.57. The Balaban J connectivity index is 2.70. The number of nitrogens with zero attached hydrogens (tertiary/aromatic N) is 2. The van der Waals surface area contributed by atoms with Gasteiger partial charge in [-0.25, -0.2) is 0 Å². The maximum atomic E-state index is 5.63. The van der Waals surface area contributed by atoms with Crippen LogP contribution in [0.15, 0.2) is 34.5 Å². The van der Waals surface area contributed by atoms with Crippen LogP contribution in [0, 0.1) is 0 Å². The van der Waals surface area contributed by atoms with Crippen molar-refractivity contribution < 1.29 is 4.74 Å². The Morgan fingerprint density at radius 1 is 1.35 bits per heavy atom. The summed E-state index contributed by atoms with van der Waals surface area (Å²) in [7, 11) is 0. The SMILES string of the molecule is CCCCOc1ccccc1C=NN=C(N)N. The molecule has 0 aliphatic heterocycles. The quantitative estimate of drug-likeness (QED) is 0.338. The fraction of sp³-hybridized carbons (Fsp3) is 0.333. The van der Waals surface area contributed by atoms with Gasteiger partial charge in [-0.3, -0.25) is 0 Å². The topological polar surface area (TPSA) is 86.0 Å². The van der Waals surface area contributed by atoms with Gasteiger partial charge in [-0.1, -0.05) is 25.5 Å². The van der Waals surface area contributed by atoms with Crippen LogP contribution in [0.3, 0.4) is 0 Å². The third-order valence-electron chi connectivity index (χ3n) is 2.04. The summed E-state index contributed by atoms with van der Waals surface area (Å²) in [6.07, 6.45) is 3.70. The lowest BCUT2D eigenvalue weighted by Gasteiger charge is -2.07. The number of guanidine groups is 1.